The van der Waals surface area contributed by atoms with Crippen LogP contribution in [0.15, 0.2) is 57.8 Å². The summed E-state index contributed by atoms with van der Waals surface area (Å²) in [5, 5.41) is 6.49. The fraction of sp³-hybridized carbons (Fsp3) is 0.250. The molecule has 0 aliphatic heterocycles. The lowest BCUT2D eigenvalue weighted by molar-refractivity contribution is 0.102. The summed E-state index contributed by atoms with van der Waals surface area (Å²) in [6.45, 7) is 7.14. The smallest absolute Gasteiger partial charge is 0.322 e. The summed E-state index contributed by atoms with van der Waals surface area (Å²) in [5.74, 6) is -0.430. The zero-order valence-corrected chi connectivity index (χ0v) is 15.4. The minimum absolute atomic E-state index is 0.174. The predicted molar refractivity (Wildman–Crippen MR) is 104 cm³/mol. The number of rotatable bonds is 7. The SMILES string of the molecule is CCN(CC)Cc1ccc(C(=O)Nc2ccc(-c3noc(=O)[nH]3)cc2)cc1. The molecule has 1 amide bonds. The maximum absolute atomic E-state index is 12.4. The van der Waals surface area contributed by atoms with Crippen molar-refractivity contribution >= 4 is 11.6 Å². The van der Waals surface area contributed by atoms with E-state index in [1.54, 1.807) is 24.3 Å². The van der Waals surface area contributed by atoms with Crippen LogP contribution in [-0.4, -0.2) is 34.0 Å². The molecule has 0 saturated carbocycles. The Morgan fingerprint density at radius 2 is 1.74 bits per heavy atom. The Bertz CT molecular complexity index is 938. The molecular formula is C20H22N4O3. The van der Waals surface area contributed by atoms with Crippen molar-refractivity contribution < 1.29 is 9.32 Å². The van der Waals surface area contributed by atoms with Gasteiger partial charge < -0.3 is 5.32 Å². The summed E-state index contributed by atoms with van der Waals surface area (Å²) in [7, 11) is 0. The maximum Gasteiger partial charge on any atom is 0.439 e. The molecule has 0 unspecified atom stereocenters. The summed E-state index contributed by atoms with van der Waals surface area (Å²) in [6, 6.07) is 14.6. The summed E-state index contributed by atoms with van der Waals surface area (Å²) in [5.41, 5.74) is 3.13. The Morgan fingerprint density at radius 1 is 1.07 bits per heavy atom. The van der Waals surface area contributed by atoms with E-state index < -0.39 is 5.76 Å². The molecule has 3 aromatic rings. The van der Waals surface area contributed by atoms with Crippen LogP contribution in [-0.2, 0) is 6.54 Å². The number of anilines is 1. The van der Waals surface area contributed by atoms with Gasteiger partial charge in [0.15, 0.2) is 5.82 Å². The van der Waals surface area contributed by atoms with Gasteiger partial charge in [0.05, 0.1) is 0 Å². The molecule has 3 rings (SSSR count). The molecule has 0 aliphatic rings. The van der Waals surface area contributed by atoms with E-state index in [2.05, 4.69) is 38.7 Å². The molecule has 0 spiro atoms. The molecular weight excluding hydrogens is 344 g/mol. The van der Waals surface area contributed by atoms with Crippen LogP contribution in [0.1, 0.15) is 29.8 Å². The number of carbonyl (C=O) groups excluding carboxylic acids is 1. The zero-order chi connectivity index (χ0) is 19.2. The Balaban J connectivity index is 1.63. The number of hydrogen-bond acceptors (Lipinski definition) is 5. The van der Waals surface area contributed by atoms with E-state index in [9.17, 15) is 9.59 Å². The van der Waals surface area contributed by atoms with Gasteiger partial charge >= 0.3 is 5.76 Å². The van der Waals surface area contributed by atoms with Gasteiger partial charge in [-0.15, -0.1) is 0 Å². The molecule has 7 nitrogen and oxygen atoms in total. The van der Waals surface area contributed by atoms with Crippen molar-refractivity contribution in [1.29, 1.82) is 0 Å². The van der Waals surface area contributed by atoms with E-state index in [4.69, 9.17) is 0 Å². The maximum atomic E-state index is 12.4. The third-order valence-electron chi connectivity index (χ3n) is 4.37. The Morgan fingerprint density at radius 3 is 2.30 bits per heavy atom. The van der Waals surface area contributed by atoms with Crippen LogP contribution in [0.25, 0.3) is 11.4 Å². The molecule has 140 valence electrons. The Hall–Kier alpha value is -3.19. The summed E-state index contributed by atoms with van der Waals surface area (Å²) in [6.07, 6.45) is 0. The monoisotopic (exact) mass is 366 g/mol. The molecule has 0 fully saturated rings. The fourth-order valence-electron chi connectivity index (χ4n) is 2.74. The number of aromatic amines is 1. The lowest BCUT2D eigenvalue weighted by atomic mass is 10.1. The van der Waals surface area contributed by atoms with Gasteiger partial charge in [-0.1, -0.05) is 31.1 Å². The van der Waals surface area contributed by atoms with E-state index in [0.29, 0.717) is 22.6 Å². The minimum Gasteiger partial charge on any atom is -0.322 e. The van der Waals surface area contributed by atoms with Crippen LogP contribution in [0.2, 0.25) is 0 Å². The lowest BCUT2D eigenvalue weighted by Gasteiger charge is -2.18. The van der Waals surface area contributed by atoms with E-state index in [-0.39, 0.29) is 5.91 Å². The topological polar surface area (TPSA) is 91.2 Å². The Labute approximate surface area is 157 Å². The number of hydrogen-bond donors (Lipinski definition) is 2. The van der Waals surface area contributed by atoms with Crippen molar-refractivity contribution in [3.63, 3.8) is 0 Å². The molecule has 2 aromatic carbocycles. The summed E-state index contributed by atoms with van der Waals surface area (Å²) < 4.78 is 4.49. The van der Waals surface area contributed by atoms with Gasteiger partial charge in [-0.25, -0.2) is 4.79 Å². The number of H-pyrrole nitrogens is 1. The fourth-order valence-corrected chi connectivity index (χ4v) is 2.74. The summed E-state index contributed by atoms with van der Waals surface area (Å²) >= 11 is 0. The van der Waals surface area contributed by atoms with Crippen LogP contribution >= 0.6 is 0 Å². The number of nitrogens with zero attached hydrogens (tertiary/aromatic N) is 2. The van der Waals surface area contributed by atoms with Gasteiger partial charge in [0.25, 0.3) is 5.91 Å². The van der Waals surface area contributed by atoms with Gasteiger partial charge in [-0.3, -0.25) is 19.2 Å². The molecule has 0 saturated heterocycles. The number of benzene rings is 2. The van der Waals surface area contributed by atoms with E-state index in [1.807, 2.05) is 24.3 Å². The van der Waals surface area contributed by atoms with Gasteiger partial charge in [0.1, 0.15) is 0 Å². The predicted octanol–water partition coefficient (Wildman–Crippen LogP) is 3.12. The molecule has 0 bridgehead atoms. The average molecular weight is 366 g/mol. The van der Waals surface area contributed by atoms with E-state index in [1.165, 1.54) is 5.56 Å². The van der Waals surface area contributed by atoms with Crippen molar-refractivity contribution in [2.75, 3.05) is 18.4 Å². The van der Waals surface area contributed by atoms with Crippen molar-refractivity contribution in [2.24, 2.45) is 0 Å². The quantitative estimate of drug-likeness (QED) is 0.670. The van der Waals surface area contributed by atoms with Crippen LogP contribution < -0.4 is 11.1 Å². The standard InChI is InChI=1S/C20H22N4O3/c1-3-24(4-2)13-14-5-7-16(8-6-14)19(25)21-17-11-9-15(10-12-17)18-22-20(26)27-23-18/h5-12H,3-4,13H2,1-2H3,(H,21,25)(H,22,23,26). The first kappa shape index (κ1) is 18.6. The van der Waals surface area contributed by atoms with Crippen LogP contribution in [0.3, 0.4) is 0 Å². The highest BCUT2D eigenvalue weighted by Crippen LogP contribution is 2.18. The first-order valence-electron chi connectivity index (χ1n) is 8.88. The third-order valence-corrected chi connectivity index (χ3v) is 4.37. The van der Waals surface area contributed by atoms with E-state index in [0.717, 1.165) is 19.6 Å². The van der Waals surface area contributed by atoms with Gasteiger partial charge in [0.2, 0.25) is 0 Å². The lowest BCUT2D eigenvalue weighted by Crippen LogP contribution is -2.22. The first-order valence-corrected chi connectivity index (χ1v) is 8.88. The Kier molecular flexibility index (Phi) is 5.83. The van der Waals surface area contributed by atoms with Crippen LogP contribution in [0, 0.1) is 0 Å². The highest BCUT2D eigenvalue weighted by Gasteiger charge is 2.09. The average Bonchev–Trinajstić information content (AvgIpc) is 3.13. The molecule has 1 aromatic heterocycles. The third kappa shape index (κ3) is 4.71. The first-order chi connectivity index (χ1) is 13.1. The van der Waals surface area contributed by atoms with Crippen molar-refractivity contribution in [3.05, 3.63) is 70.2 Å². The molecule has 0 atom stereocenters. The van der Waals surface area contributed by atoms with Crippen molar-refractivity contribution in [2.45, 2.75) is 20.4 Å². The highest BCUT2D eigenvalue weighted by atomic mass is 16.5. The van der Waals surface area contributed by atoms with Gasteiger partial charge in [0, 0.05) is 23.4 Å². The van der Waals surface area contributed by atoms with Crippen LogP contribution in [0.5, 0.6) is 0 Å². The van der Waals surface area contributed by atoms with E-state index >= 15 is 0 Å². The number of amides is 1. The highest BCUT2D eigenvalue weighted by molar-refractivity contribution is 6.04. The van der Waals surface area contributed by atoms with Gasteiger partial charge in [-0.2, -0.15) is 0 Å². The van der Waals surface area contributed by atoms with Crippen molar-refractivity contribution in [3.8, 4) is 11.4 Å². The van der Waals surface area contributed by atoms with Gasteiger partial charge in [-0.05, 0) is 55.1 Å². The summed E-state index contributed by atoms with van der Waals surface area (Å²) in [4.78, 5) is 28.2. The normalized spacial score (nSPS) is 10.9. The largest absolute Gasteiger partial charge is 0.439 e. The minimum atomic E-state index is -0.605. The van der Waals surface area contributed by atoms with Crippen molar-refractivity contribution in [1.82, 2.24) is 15.0 Å². The molecule has 0 radical (unpaired) electrons. The second-order valence-corrected chi connectivity index (χ2v) is 6.13. The number of carbonyl (C=O) groups is 1. The molecule has 1 heterocycles. The van der Waals surface area contributed by atoms with Crippen LogP contribution in [0.4, 0.5) is 5.69 Å². The zero-order valence-electron chi connectivity index (χ0n) is 15.4. The molecule has 7 heteroatoms. The number of aromatic nitrogens is 2. The molecule has 2 N–H and O–H groups in total. The molecule has 0 aliphatic carbocycles. The number of nitrogens with one attached hydrogen (secondary N) is 2. The second-order valence-electron chi connectivity index (χ2n) is 6.13. The molecule has 27 heavy (non-hydrogen) atoms. The second kappa shape index (κ2) is 8.46.